The van der Waals surface area contributed by atoms with Gasteiger partial charge in [-0.15, -0.1) is 0 Å². The maximum Gasteiger partial charge on any atom is 0.452 e. The van der Waals surface area contributed by atoms with E-state index < -0.39 is 35.6 Å². The lowest BCUT2D eigenvalue weighted by atomic mass is 10.00. The van der Waals surface area contributed by atoms with Gasteiger partial charge in [-0.05, 0) is 25.0 Å². The van der Waals surface area contributed by atoms with Crippen molar-refractivity contribution in [2.45, 2.75) is 37.6 Å². The zero-order chi connectivity index (χ0) is 23.3. The molecular weight excluding hydrogens is 460 g/mol. The van der Waals surface area contributed by atoms with Crippen LogP contribution in [0.1, 0.15) is 24.3 Å². The fourth-order valence-electron chi connectivity index (χ4n) is 3.02. The number of rotatable bonds is 7. The van der Waals surface area contributed by atoms with Gasteiger partial charge in [0.2, 0.25) is 11.7 Å². The Bertz CT molecular complexity index is 961. The molecule has 0 radical (unpaired) electrons. The number of carbonyl (C=O) groups is 2. The molecule has 3 N–H and O–H groups in total. The minimum Gasteiger partial charge on any atom is -0.484 e. The molecule has 2 aromatic rings. The number of amides is 2. The van der Waals surface area contributed by atoms with Gasteiger partial charge >= 0.3 is 6.18 Å². The largest absolute Gasteiger partial charge is 0.484 e. The van der Waals surface area contributed by atoms with E-state index in [-0.39, 0.29) is 35.7 Å². The third kappa shape index (κ3) is 6.57. The van der Waals surface area contributed by atoms with E-state index in [4.69, 9.17) is 16.3 Å². The second kappa shape index (κ2) is 10.2. The summed E-state index contributed by atoms with van der Waals surface area (Å²) in [6.07, 6.45) is -3.75. The number of alkyl halides is 3. The first-order valence-corrected chi connectivity index (χ1v) is 9.90. The van der Waals surface area contributed by atoms with Crippen LogP contribution in [0.5, 0.6) is 5.75 Å². The van der Waals surface area contributed by atoms with Crippen molar-refractivity contribution in [2.24, 2.45) is 0 Å². The summed E-state index contributed by atoms with van der Waals surface area (Å²) < 4.78 is 60.3. The SMILES string of the molecule is O=C(COc1ccc(Cl)c(F)c1)N[C@H]1CC[C@H](C(=O)NCc2cc(C(F)(F)F)on2)NC1. The van der Waals surface area contributed by atoms with Crippen LogP contribution in [0.25, 0.3) is 0 Å². The van der Waals surface area contributed by atoms with E-state index in [1.807, 2.05) is 0 Å². The highest BCUT2D eigenvalue weighted by Gasteiger charge is 2.36. The van der Waals surface area contributed by atoms with E-state index in [0.717, 1.165) is 12.1 Å². The molecule has 1 aliphatic heterocycles. The monoisotopic (exact) mass is 478 g/mol. The molecular formula is C19H19ClF4N4O4. The van der Waals surface area contributed by atoms with Crippen LogP contribution in [0.15, 0.2) is 28.8 Å². The standard InChI is InChI=1S/C19H19ClF4N4O4/c20-13-3-2-12(6-14(13)21)31-9-17(29)27-10-1-4-15(25-7-10)18(30)26-8-11-5-16(32-28-11)19(22,23)24/h2-3,5-6,10,15,25H,1,4,7-9H2,(H,26,30)(H,27,29)/t10-,15+/m0/s1. The lowest BCUT2D eigenvalue weighted by molar-refractivity contribution is -0.155. The normalized spacial score (nSPS) is 18.8. The molecule has 0 spiro atoms. The Morgan fingerprint density at radius 3 is 2.69 bits per heavy atom. The van der Waals surface area contributed by atoms with Crippen LogP contribution in [-0.2, 0) is 22.3 Å². The van der Waals surface area contributed by atoms with Crippen molar-refractivity contribution < 1.29 is 36.4 Å². The third-order valence-corrected chi connectivity index (χ3v) is 4.95. The molecule has 1 aromatic heterocycles. The zero-order valence-electron chi connectivity index (χ0n) is 16.5. The Morgan fingerprint density at radius 2 is 2.06 bits per heavy atom. The van der Waals surface area contributed by atoms with Crippen molar-refractivity contribution >= 4 is 23.4 Å². The average molecular weight is 479 g/mol. The van der Waals surface area contributed by atoms with E-state index in [1.54, 1.807) is 0 Å². The van der Waals surface area contributed by atoms with Crippen LogP contribution in [0, 0.1) is 5.82 Å². The number of nitrogens with zero attached hydrogens (tertiary/aromatic N) is 1. The van der Waals surface area contributed by atoms with Crippen molar-refractivity contribution in [2.75, 3.05) is 13.2 Å². The predicted octanol–water partition coefficient (Wildman–Crippen LogP) is 2.42. The van der Waals surface area contributed by atoms with Crippen LogP contribution < -0.4 is 20.7 Å². The minimum atomic E-state index is -4.64. The number of aromatic nitrogens is 1. The smallest absolute Gasteiger partial charge is 0.452 e. The van der Waals surface area contributed by atoms with E-state index in [1.165, 1.54) is 12.1 Å². The molecule has 0 unspecified atom stereocenters. The Morgan fingerprint density at radius 1 is 1.28 bits per heavy atom. The Balaban J connectivity index is 1.36. The molecule has 8 nitrogen and oxygen atoms in total. The van der Waals surface area contributed by atoms with Crippen molar-refractivity contribution in [3.8, 4) is 5.75 Å². The molecule has 0 aliphatic carbocycles. The van der Waals surface area contributed by atoms with Crippen molar-refractivity contribution in [1.82, 2.24) is 21.1 Å². The van der Waals surface area contributed by atoms with Crippen LogP contribution in [0.4, 0.5) is 17.6 Å². The molecule has 2 amide bonds. The number of hydrogen-bond acceptors (Lipinski definition) is 6. The van der Waals surface area contributed by atoms with Gasteiger partial charge in [-0.3, -0.25) is 9.59 Å². The van der Waals surface area contributed by atoms with Gasteiger partial charge < -0.3 is 25.2 Å². The lowest BCUT2D eigenvalue weighted by Gasteiger charge is -2.29. The fourth-order valence-corrected chi connectivity index (χ4v) is 3.14. The molecule has 2 heterocycles. The quantitative estimate of drug-likeness (QED) is 0.528. The summed E-state index contributed by atoms with van der Waals surface area (Å²) in [7, 11) is 0. The van der Waals surface area contributed by atoms with E-state index in [2.05, 4.69) is 25.6 Å². The van der Waals surface area contributed by atoms with Gasteiger partial charge in [-0.1, -0.05) is 16.8 Å². The highest BCUT2D eigenvalue weighted by Crippen LogP contribution is 2.29. The first-order chi connectivity index (χ1) is 15.1. The van der Waals surface area contributed by atoms with Crippen LogP contribution in [0.3, 0.4) is 0 Å². The van der Waals surface area contributed by atoms with Crippen LogP contribution in [0.2, 0.25) is 5.02 Å². The number of carbonyl (C=O) groups excluding carboxylic acids is 2. The van der Waals surface area contributed by atoms with Gasteiger partial charge in [0.1, 0.15) is 17.3 Å². The first kappa shape index (κ1) is 23.8. The second-order valence-corrected chi connectivity index (χ2v) is 7.47. The van der Waals surface area contributed by atoms with Crippen molar-refractivity contribution in [3.63, 3.8) is 0 Å². The van der Waals surface area contributed by atoms with Gasteiger partial charge in [-0.2, -0.15) is 13.2 Å². The van der Waals surface area contributed by atoms with E-state index in [9.17, 15) is 27.2 Å². The zero-order valence-corrected chi connectivity index (χ0v) is 17.2. The number of benzene rings is 1. The van der Waals surface area contributed by atoms with Crippen LogP contribution >= 0.6 is 11.6 Å². The highest BCUT2D eigenvalue weighted by atomic mass is 35.5. The number of ether oxygens (including phenoxy) is 1. The number of halogens is 5. The summed E-state index contributed by atoms with van der Waals surface area (Å²) >= 11 is 5.58. The topological polar surface area (TPSA) is 105 Å². The molecule has 1 aliphatic rings. The molecule has 1 saturated heterocycles. The first-order valence-electron chi connectivity index (χ1n) is 9.53. The molecule has 1 aromatic carbocycles. The Kier molecular flexibility index (Phi) is 7.56. The van der Waals surface area contributed by atoms with E-state index in [0.29, 0.717) is 19.4 Å². The highest BCUT2D eigenvalue weighted by molar-refractivity contribution is 6.30. The predicted molar refractivity (Wildman–Crippen MR) is 103 cm³/mol. The van der Waals surface area contributed by atoms with E-state index >= 15 is 0 Å². The maximum absolute atomic E-state index is 13.4. The molecule has 13 heteroatoms. The summed E-state index contributed by atoms with van der Waals surface area (Å²) in [5, 5.41) is 11.4. The van der Waals surface area contributed by atoms with Gasteiger partial charge in [0.15, 0.2) is 6.61 Å². The minimum absolute atomic E-state index is 0.0489. The summed E-state index contributed by atoms with van der Waals surface area (Å²) in [4.78, 5) is 24.2. The summed E-state index contributed by atoms with van der Waals surface area (Å²) in [5.74, 6) is -2.55. The van der Waals surface area contributed by atoms with Gasteiger partial charge in [0.05, 0.1) is 17.6 Å². The maximum atomic E-state index is 13.4. The molecule has 3 rings (SSSR count). The molecule has 32 heavy (non-hydrogen) atoms. The van der Waals surface area contributed by atoms with Crippen molar-refractivity contribution in [1.29, 1.82) is 0 Å². The van der Waals surface area contributed by atoms with Crippen molar-refractivity contribution in [3.05, 3.63) is 46.6 Å². The summed E-state index contributed by atoms with van der Waals surface area (Å²) in [6, 6.07) is 3.74. The Labute approximate surface area is 184 Å². The summed E-state index contributed by atoms with van der Waals surface area (Å²) in [6.45, 7) is -0.222. The van der Waals surface area contributed by atoms with Crippen LogP contribution in [-0.4, -0.2) is 42.2 Å². The van der Waals surface area contributed by atoms with Gasteiger partial charge in [0.25, 0.3) is 5.91 Å². The number of nitrogens with one attached hydrogen (secondary N) is 3. The van der Waals surface area contributed by atoms with Gasteiger partial charge in [-0.25, -0.2) is 4.39 Å². The Hall–Kier alpha value is -2.86. The lowest BCUT2D eigenvalue weighted by Crippen LogP contribution is -2.54. The third-order valence-electron chi connectivity index (χ3n) is 4.64. The summed E-state index contributed by atoms with van der Waals surface area (Å²) in [5.41, 5.74) is -0.0489. The molecule has 2 atom stereocenters. The number of piperidine rings is 1. The molecule has 0 saturated carbocycles. The molecule has 174 valence electrons. The van der Waals surface area contributed by atoms with Gasteiger partial charge in [0, 0.05) is 24.7 Å². The number of hydrogen-bond donors (Lipinski definition) is 3. The molecule has 1 fully saturated rings. The molecule has 0 bridgehead atoms. The fraction of sp³-hybridized carbons (Fsp3) is 0.421. The second-order valence-electron chi connectivity index (χ2n) is 7.07. The average Bonchev–Trinajstić information content (AvgIpc) is 3.23.